The van der Waals surface area contributed by atoms with Crippen LogP contribution in [0.2, 0.25) is 0 Å². The van der Waals surface area contributed by atoms with Gasteiger partial charge < -0.3 is 4.42 Å². The molecule has 0 aliphatic carbocycles. The Hall–Kier alpha value is -1.39. The summed E-state index contributed by atoms with van der Waals surface area (Å²) < 4.78 is 6.59. The Kier molecular flexibility index (Phi) is 2.84. The van der Waals surface area contributed by atoms with E-state index in [1.54, 1.807) is 0 Å². The Labute approximate surface area is 116 Å². The Balaban J connectivity index is 2.14. The summed E-state index contributed by atoms with van der Waals surface area (Å²) >= 11 is 4.77. The molecule has 18 heavy (non-hydrogen) atoms. The molecule has 90 valence electrons. The van der Waals surface area contributed by atoms with Crippen LogP contribution in [0, 0.1) is 6.92 Å². The van der Waals surface area contributed by atoms with Crippen LogP contribution < -0.4 is 0 Å². The third-order valence-electron chi connectivity index (χ3n) is 2.84. The SMILES string of the molecule is Cc1c(C(=O)c2cc(Br)cs2)oc2ccccc12. The Morgan fingerprint density at radius 3 is 2.78 bits per heavy atom. The van der Waals surface area contributed by atoms with Crippen LogP contribution in [0.15, 0.2) is 44.6 Å². The molecule has 0 atom stereocenters. The van der Waals surface area contributed by atoms with Crippen LogP contribution in [-0.4, -0.2) is 5.78 Å². The molecule has 0 unspecified atom stereocenters. The van der Waals surface area contributed by atoms with Gasteiger partial charge in [0.1, 0.15) is 5.58 Å². The van der Waals surface area contributed by atoms with Gasteiger partial charge in [-0.25, -0.2) is 0 Å². The van der Waals surface area contributed by atoms with E-state index in [1.165, 1.54) is 11.3 Å². The predicted octanol–water partition coefficient (Wildman–Crippen LogP) is 4.80. The molecule has 2 heterocycles. The quantitative estimate of drug-likeness (QED) is 0.635. The summed E-state index contributed by atoms with van der Waals surface area (Å²) in [6.07, 6.45) is 0. The van der Waals surface area contributed by atoms with Gasteiger partial charge in [0.15, 0.2) is 5.76 Å². The molecule has 0 aliphatic heterocycles. The van der Waals surface area contributed by atoms with Crippen molar-refractivity contribution in [3.63, 3.8) is 0 Å². The monoisotopic (exact) mass is 320 g/mol. The average molecular weight is 321 g/mol. The second kappa shape index (κ2) is 4.37. The summed E-state index contributed by atoms with van der Waals surface area (Å²) in [6.45, 7) is 1.92. The molecule has 2 nitrogen and oxygen atoms in total. The fourth-order valence-electron chi connectivity index (χ4n) is 1.93. The maximum atomic E-state index is 12.3. The average Bonchev–Trinajstić information content (AvgIpc) is 2.94. The van der Waals surface area contributed by atoms with E-state index in [0.717, 1.165) is 21.0 Å². The second-order valence-corrected chi connectivity index (χ2v) is 5.84. The molecule has 0 fully saturated rings. The van der Waals surface area contributed by atoms with Gasteiger partial charge >= 0.3 is 0 Å². The van der Waals surface area contributed by atoms with Gasteiger partial charge in [0.2, 0.25) is 5.78 Å². The first-order valence-electron chi connectivity index (χ1n) is 5.43. The second-order valence-electron chi connectivity index (χ2n) is 4.01. The number of rotatable bonds is 2. The smallest absolute Gasteiger partial charge is 0.238 e. The van der Waals surface area contributed by atoms with Gasteiger partial charge in [-0.2, -0.15) is 0 Å². The van der Waals surface area contributed by atoms with Crippen molar-refractivity contribution in [2.24, 2.45) is 0 Å². The molecule has 0 spiro atoms. The van der Waals surface area contributed by atoms with Gasteiger partial charge in [-0.3, -0.25) is 4.79 Å². The normalized spacial score (nSPS) is 11.0. The Morgan fingerprint density at radius 2 is 2.11 bits per heavy atom. The number of aryl methyl sites for hydroxylation is 1. The highest BCUT2D eigenvalue weighted by atomic mass is 79.9. The third-order valence-corrected chi connectivity index (χ3v) is 4.53. The molecule has 4 heteroatoms. The summed E-state index contributed by atoms with van der Waals surface area (Å²) in [5.41, 5.74) is 1.66. The minimum atomic E-state index is -0.0561. The molecule has 0 radical (unpaired) electrons. The number of halogens is 1. The molecule has 1 aromatic carbocycles. The van der Waals surface area contributed by atoms with Crippen molar-refractivity contribution in [3.8, 4) is 0 Å². The van der Waals surface area contributed by atoms with Crippen LogP contribution in [0.5, 0.6) is 0 Å². The van der Waals surface area contributed by atoms with Crippen molar-refractivity contribution in [2.75, 3.05) is 0 Å². The molecule has 3 aromatic rings. The fourth-order valence-corrected chi connectivity index (χ4v) is 3.30. The molecule has 0 aliphatic rings. The lowest BCUT2D eigenvalue weighted by molar-refractivity contribution is 0.101. The summed E-state index contributed by atoms with van der Waals surface area (Å²) in [4.78, 5) is 13.0. The highest BCUT2D eigenvalue weighted by Gasteiger charge is 2.20. The zero-order valence-electron chi connectivity index (χ0n) is 9.57. The number of carbonyl (C=O) groups excluding carboxylic acids is 1. The highest BCUT2D eigenvalue weighted by molar-refractivity contribution is 9.10. The van der Waals surface area contributed by atoms with Crippen molar-refractivity contribution in [1.29, 1.82) is 0 Å². The van der Waals surface area contributed by atoms with Crippen molar-refractivity contribution >= 4 is 44.0 Å². The van der Waals surface area contributed by atoms with E-state index in [1.807, 2.05) is 42.6 Å². The first-order valence-corrected chi connectivity index (χ1v) is 7.11. The number of ketones is 1. The maximum Gasteiger partial charge on any atom is 0.238 e. The fraction of sp³-hybridized carbons (Fsp3) is 0.0714. The van der Waals surface area contributed by atoms with Crippen molar-refractivity contribution < 1.29 is 9.21 Å². The van der Waals surface area contributed by atoms with E-state index in [0.29, 0.717) is 10.6 Å². The van der Waals surface area contributed by atoms with E-state index in [4.69, 9.17) is 4.42 Å². The molecule has 3 rings (SSSR count). The van der Waals surface area contributed by atoms with Gasteiger partial charge in [-0.15, -0.1) is 11.3 Å². The van der Waals surface area contributed by atoms with Crippen molar-refractivity contribution in [1.82, 2.24) is 0 Å². The zero-order valence-corrected chi connectivity index (χ0v) is 12.0. The maximum absolute atomic E-state index is 12.3. The lowest BCUT2D eigenvalue weighted by Gasteiger charge is -1.94. The molecule has 0 saturated carbocycles. The van der Waals surface area contributed by atoms with Crippen LogP contribution in [0.3, 0.4) is 0 Å². The Morgan fingerprint density at radius 1 is 1.33 bits per heavy atom. The first kappa shape index (κ1) is 11.7. The van der Waals surface area contributed by atoms with Crippen LogP contribution in [0.25, 0.3) is 11.0 Å². The molecular weight excluding hydrogens is 312 g/mol. The van der Waals surface area contributed by atoms with Crippen LogP contribution in [0.1, 0.15) is 21.0 Å². The van der Waals surface area contributed by atoms with Crippen LogP contribution in [0.4, 0.5) is 0 Å². The standard InChI is InChI=1S/C14H9BrO2S/c1-8-10-4-2-3-5-11(10)17-14(8)13(16)12-6-9(15)7-18-12/h2-7H,1H3. The van der Waals surface area contributed by atoms with Gasteiger partial charge in [0.05, 0.1) is 4.88 Å². The summed E-state index contributed by atoms with van der Waals surface area (Å²) in [5.74, 6) is 0.380. The largest absolute Gasteiger partial charge is 0.452 e. The van der Waals surface area contributed by atoms with E-state index >= 15 is 0 Å². The number of benzene rings is 1. The van der Waals surface area contributed by atoms with E-state index in [9.17, 15) is 4.79 Å². The Bertz CT molecular complexity index is 739. The minimum absolute atomic E-state index is 0.0561. The lowest BCUT2D eigenvalue weighted by Crippen LogP contribution is -1.98. The van der Waals surface area contributed by atoms with Gasteiger partial charge in [0.25, 0.3) is 0 Å². The molecule has 0 amide bonds. The lowest BCUT2D eigenvalue weighted by atomic mass is 10.1. The first-order chi connectivity index (χ1) is 8.66. The summed E-state index contributed by atoms with van der Waals surface area (Å²) in [6, 6.07) is 9.51. The molecule has 0 saturated heterocycles. The van der Waals surface area contributed by atoms with Gasteiger partial charge in [-0.1, -0.05) is 18.2 Å². The zero-order chi connectivity index (χ0) is 12.7. The topological polar surface area (TPSA) is 30.2 Å². The van der Waals surface area contributed by atoms with E-state index < -0.39 is 0 Å². The molecule has 2 aromatic heterocycles. The molecule has 0 N–H and O–H groups in total. The molecular formula is C14H9BrO2S. The number of fused-ring (bicyclic) bond motifs is 1. The number of para-hydroxylation sites is 1. The van der Waals surface area contributed by atoms with E-state index in [-0.39, 0.29) is 5.78 Å². The predicted molar refractivity (Wildman–Crippen MR) is 76.4 cm³/mol. The number of hydrogen-bond donors (Lipinski definition) is 0. The molecule has 0 bridgehead atoms. The van der Waals surface area contributed by atoms with Crippen molar-refractivity contribution in [3.05, 3.63) is 56.4 Å². The summed E-state index contributed by atoms with van der Waals surface area (Å²) in [7, 11) is 0. The van der Waals surface area contributed by atoms with Crippen LogP contribution in [-0.2, 0) is 0 Å². The number of hydrogen-bond acceptors (Lipinski definition) is 3. The number of thiophene rings is 1. The summed E-state index contributed by atoms with van der Waals surface area (Å²) in [5, 5.41) is 2.89. The minimum Gasteiger partial charge on any atom is -0.452 e. The highest BCUT2D eigenvalue weighted by Crippen LogP contribution is 2.29. The van der Waals surface area contributed by atoms with Gasteiger partial charge in [-0.05, 0) is 35.0 Å². The van der Waals surface area contributed by atoms with Gasteiger partial charge in [0, 0.05) is 20.8 Å². The number of furan rings is 1. The number of carbonyl (C=O) groups is 1. The third kappa shape index (κ3) is 1.82. The van der Waals surface area contributed by atoms with E-state index in [2.05, 4.69) is 15.9 Å². The van der Waals surface area contributed by atoms with Crippen LogP contribution >= 0.6 is 27.3 Å². The van der Waals surface area contributed by atoms with Crippen molar-refractivity contribution in [2.45, 2.75) is 6.92 Å².